The molecule has 0 saturated carbocycles. The van der Waals surface area contributed by atoms with Gasteiger partial charge in [-0.25, -0.2) is 10.5 Å². The fourth-order valence-corrected chi connectivity index (χ4v) is 2.61. The number of carbonyl (C=O) groups is 1. The number of alkyl halides is 6. The van der Waals surface area contributed by atoms with E-state index in [4.69, 9.17) is 11.6 Å². The van der Waals surface area contributed by atoms with Crippen LogP contribution in [0.4, 0.5) is 26.3 Å². The third-order valence-corrected chi connectivity index (χ3v) is 3.93. The minimum atomic E-state index is -4.99. The van der Waals surface area contributed by atoms with Gasteiger partial charge in [-0.1, -0.05) is 30.7 Å². The summed E-state index contributed by atoms with van der Waals surface area (Å²) < 4.78 is 79.0. The summed E-state index contributed by atoms with van der Waals surface area (Å²) in [6.07, 6.45) is -10.2. The van der Waals surface area contributed by atoms with E-state index in [0.29, 0.717) is 6.07 Å². The summed E-state index contributed by atoms with van der Waals surface area (Å²) in [5, 5.41) is -0.304. The van der Waals surface area contributed by atoms with Gasteiger partial charge in [0.05, 0.1) is 16.8 Å². The van der Waals surface area contributed by atoms with Crippen molar-refractivity contribution >= 4 is 17.5 Å². The van der Waals surface area contributed by atoms with Crippen LogP contribution in [0.3, 0.4) is 0 Å². The molecule has 1 N–H and O–H groups in total. The van der Waals surface area contributed by atoms with Crippen LogP contribution in [0.15, 0.2) is 36.7 Å². The number of hydrogen-bond donors (Lipinski definition) is 1. The highest BCUT2D eigenvalue weighted by atomic mass is 35.5. The van der Waals surface area contributed by atoms with Crippen molar-refractivity contribution in [2.45, 2.75) is 31.3 Å². The minimum absolute atomic E-state index is 0.253. The number of amides is 1. The molecule has 2 atom stereocenters. The zero-order valence-corrected chi connectivity index (χ0v) is 14.7. The first-order valence-electron chi connectivity index (χ1n) is 7.58. The zero-order chi connectivity index (χ0) is 21.1. The van der Waals surface area contributed by atoms with Gasteiger partial charge in [-0.15, -0.1) is 0 Å². The predicted octanol–water partition coefficient (Wildman–Crippen LogP) is 4.54. The van der Waals surface area contributed by atoms with E-state index < -0.39 is 41.4 Å². The average Bonchev–Trinajstić information content (AvgIpc) is 2.60. The maximum atomic E-state index is 13.4. The Balaban J connectivity index is 2.24. The zero-order valence-electron chi connectivity index (χ0n) is 14.0. The molecule has 0 spiro atoms. The Morgan fingerprint density at radius 3 is 2.29 bits per heavy atom. The molecule has 0 aliphatic rings. The Labute approximate surface area is 159 Å². The van der Waals surface area contributed by atoms with E-state index >= 15 is 0 Å². The lowest BCUT2D eigenvalue weighted by Gasteiger charge is -2.26. The van der Waals surface area contributed by atoms with Crippen LogP contribution in [0.25, 0.3) is 0 Å². The second-order valence-electron chi connectivity index (χ2n) is 5.58. The van der Waals surface area contributed by atoms with E-state index in [1.807, 2.05) is 0 Å². The number of hydrogen-bond acceptors (Lipinski definition) is 4. The van der Waals surface area contributed by atoms with Crippen molar-refractivity contribution in [3.05, 3.63) is 58.6 Å². The standard InChI is InChI=1S/C16H12ClF6N3O2/c1-8(11-13(17)25-7-6-24-11)12(16(21,22)23)28-26-14(27)9-4-2-3-5-10(9)15(18,19)20/h2-8,12H,1H3,(H,26,27). The van der Waals surface area contributed by atoms with Crippen molar-refractivity contribution in [2.24, 2.45) is 0 Å². The number of hydroxylamine groups is 1. The Morgan fingerprint density at radius 2 is 1.71 bits per heavy atom. The molecule has 2 rings (SSSR count). The molecule has 0 bridgehead atoms. The second kappa shape index (κ2) is 8.31. The summed E-state index contributed by atoms with van der Waals surface area (Å²) in [5.41, 5.74) is -1.02. The van der Waals surface area contributed by atoms with Gasteiger partial charge in [0.1, 0.15) is 0 Å². The van der Waals surface area contributed by atoms with E-state index in [-0.39, 0.29) is 10.8 Å². The summed E-state index contributed by atoms with van der Waals surface area (Å²) in [6.45, 7) is 1.07. The molecule has 1 aromatic carbocycles. The Hall–Kier alpha value is -2.40. The van der Waals surface area contributed by atoms with Gasteiger partial charge in [0.2, 0.25) is 0 Å². The number of aromatic nitrogens is 2. The van der Waals surface area contributed by atoms with E-state index in [9.17, 15) is 31.1 Å². The monoisotopic (exact) mass is 427 g/mol. The van der Waals surface area contributed by atoms with Crippen molar-refractivity contribution in [3.63, 3.8) is 0 Å². The third kappa shape index (κ3) is 5.10. The van der Waals surface area contributed by atoms with E-state index in [1.165, 1.54) is 5.48 Å². The third-order valence-electron chi connectivity index (χ3n) is 3.64. The maximum Gasteiger partial charge on any atom is 0.417 e. The van der Waals surface area contributed by atoms with Gasteiger partial charge < -0.3 is 0 Å². The van der Waals surface area contributed by atoms with Gasteiger partial charge >= 0.3 is 12.4 Å². The Kier molecular flexibility index (Phi) is 6.50. The molecule has 28 heavy (non-hydrogen) atoms. The Bertz CT molecular complexity index is 844. The lowest BCUT2D eigenvalue weighted by atomic mass is 10.0. The fourth-order valence-electron chi connectivity index (χ4n) is 2.33. The normalized spacial score (nSPS) is 14.4. The number of nitrogens with one attached hydrogen (secondary N) is 1. The molecule has 152 valence electrons. The van der Waals surface area contributed by atoms with Crippen LogP contribution in [-0.2, 0) is 11.0 Å². The maximum absolute atomic E-state index is 13.4. The highest BCUT2D eigenvalue weighted by molar-refractivity contribution is 6.30. The van der Waals surface area contributed by atoms with Crippen LogP contribution in [0.2, 0.25) is 5.15 Å². The van der Waals surface area contributed by atoms with Crippen molar-refractivity contribution in [3.8, 4) is 0 Å². The molecule has 12 heteroatoms. The summed E-state index contributed by atoms with van der Waals surface area (Å²) in [4.78, 5) is 23.8. The van der Waals surface area contributed by atoms with Gasteiger partial charge in [0.15, 0.2) is 11.3 Å². The highest BCUT2D eigenvalue weighted by Crippen LogP contribution is 2.35. The smallest absolute Gasteiger partial charge is 0.267 e. The van der Waals surface area contributed by atoms with Crippen molar-refractivity contribution in [1.29, 1.82) is 0 Å². The number of benzene rings is 1. The predicted molar refractivity (Wildman–Crippen MR) is 85.3 cm³/mol. The van der Waals surface area contributed by atoms with Gasteiger partial charge in [-0.3, -0.25) is 14.6 Å². The first-order chi connectivity index (χ1) is 12.9. The largest absolute Gasteiger partial charge is 0.417 e. The summed E-state index contributed by atoms with van der Waals surface area (Å²) in [7, 11) is 0. The number of rotatable bonds is 5. The SMILES string of the molecule is CC(c1nccnc1Cl)C(ONC(=O)c1ccccc1C(F)(F)F)C(F)(F)F. The first-order valence-corrected chi connectivity index (χ1v) is 7.96. The number of nitrogens with zero attached hydrogens (tertiary/aromatic N) is 2. The molecule has 5 nitrogen and oxygen atoms in total. The van der Waals surface area contributed by atoms with E-state index in [0.717, 1.165) is 37.5 Å². The van der Waals surface area contributed by atoms with Crippen LogP contribution in [0.1, 0.15) is 34.5 Å². The summed E-state index contributed by atoms with van der Waals surface area (Å²) in [5.74, 6) is -3.00. The molecule has 0 aliphatic carbocycles. The average molecular weight is 428 g/mol. The minimum Gasteiger partial charge on any atom is -0.267 e. The highest BCUT2D eigenvalue weighted by Gasteiger charge is 2.47. The second-order valence-corrected chi connectivity index (χ2v) is 5.93. The van der Waals surface area contributed by atoms with Gasteiger partial charge in [0.25, 0.3) is 5.91 Å². The fraction of sp³-hybridized carbons (Fsp3) is 0.312. The lowest BCUT2D eigenvalue weighted by Crippen LogP contribution is -2.42. The first kappa shape index (κ1) is 21.9. The molecule has 2 aromatic rings. The number of halogens is 7. The van der Waals surface area contributed by atoms with Gasteiger partial charge in [0, 0.05) is 18.3 Å². The number of carbonyl (C=O) groups excluding carboxylic acids is 1. The molecular formula is C16H12ClF6N3O2. The molecule has 1 heterocycles. The molecule has 1 amide bonds. The van der Waals surface area contributed by atoms with Crippen LogP contribution in [0, 0.1) is 0 Å². The molecule has 0 fully saturated rings. The van der Waals surface area contributed by atoms with Crippen LogP contribution < -0.4 is 5.48 Å². The van der Waals surface area contributed by atoms with Crippen molar-refractivity contribution < 1.29 is 36.0 Å². The summed E-state index contributed by atoms with van der Waals surface area (Å²) in [6, 6.07) is 3.61. The van der Waals surface area contributed by atoms with Gasteiger partial charge in [-0.2, -0.15) is 26.3 Å². The molecule has 0 radical (unpaired) electrons. The molecule has 2 unspecified atom stereocenters. The quantitative estimate of drug-likeness (QED) is 0.562. The van der Waals surface area contributed by atoms with Gasteiger partial charge in [-0.05, 0) is 12.1 Å². The van der Waals surface area contributed by atoms with Crippen molar-refractivity contribution in [2.75, 3.05) is 0 Å². The van der Waals surface area contributed by atoms with E-state index in [2.05, 4.69) is 14.8 Å². The Morgan fingerprint density at radius 1 is 1.11 bits per heavy atom. The topological polar surface area (TPSA) is 64.1 Å². The molecule has 1 aromatic heterocycles. The molecular weight excluding hydrogens is 416 g/mol. The van der Waals surface area contributed by atoms with E-state index in [1.54, 1.807) is 0 Å². The van der Waals surface area contributed by atoms with Crippen LogP contribution >= 0.6 is 11.6 Å². The summed E-state index contributed by atoms with van der Waals surface area (Å²) >= 11 is 5.73. The molecule has 0 aliphatic heterocycles. The van der Waals surface area contributed by atoms with Crippen molar-refractivity contribution in [1.82, 2.24) is 15.4 Å². The molecule has 0 saturated heterocycles. The van der Waals surface area contributed by atoms with Crippen LogP contribution in [0.5, 0.6) is 0 Å². The van der Waals surface area contributed by atoms with Crippen LogP contribution in [-0.4, -0.2) is 28.2 Å². The lowest BCUT2D eigenvalue weighted by molar-refractivity contribution is -0.238.